The van der Waals surface area contributed by atoms with E-state index in [-0.39, 0.29) is 30.1 Å². The van der Waals surface area contributed by atoms with Crippen molar-refractivity contribution in [3.05, 3.63) is 59.2 Å². The van der Waals surface area contributed by atoms with Gasteiger partial charge >= 0.3 is 12.6 Å². The highest BCUT2D eigenvalue weighted by molar-refractivity contribution is 5.74. The van der Waals surface area contributed by atoms with Crippen LogP contribution in [0.1, 0.15) is 29.7 Å². The van der Waals surface area contributed by atoms with Crippen molar-refractivity contribution >= 4 is 6.03 Å². The highest BCUT2D eigenvalue weighted by atomic mass is 19.3. The lowest BCUT2D eigenvalue weighted by atomic mass is 10.1. The van der Waals surface area contributed by atoms with Crippen LogP contribution in [0, 0.1) is 6.92 Å². The van der Waals surface area contributed by atoms with Crippen molar-refractivity contribution in [2.24, 2.45) is 0 Å². The van der Waals surface area contributed by atoms with E-state index in [2.05, 4.69) is 15.4 Å². The average Bonchev–Trinajstić information content (AvgIpc) is 2.60. The molecule has 0 spiro atoms. The third kappa shape index (κ3) is 5.61. The fourth-order valence-electron chi connectivity index (χ4n) is 2.39. The van der Waals surface area contributed by atoms with Crippen LogP contribution in [0.15, 0.2) is 42.5 Å². The number of benzene rings is 2. The fourth-order valence-corrected chi connectivity index (χ4v) is 2.39. The first-order valence-corrected chi connectivity index (χ1v) is 8.11. The molecule has 0 aliphatic carbocycles. The van der Waals surface area contributed by atoms with Crippen molar-refractivity contribution in [2.45, 2.75) is 33.0 Å². The zero-order valence-electron chi connectivity index (χ0n) is 14.9. The minimum Gasteiger partial charge on any atom is -0.493 e. The van der Waals surface area contributed by atoms with E-state index in [1.807, 2.05) is 38.1 Å². The van der Waals surface area contributed by atoms with E-state index < -0.39 is 6.61 Å². The number of alkyl halides is 2. The number of hydrogen-bond donors (Lipinski definition) is 2. The molecule has 0 aliphatic heterocycles. The zero-order valence-corrected chi connectivity index (χ0v) is 14.9. The summed E-state index contributed by atoms with van der Waals surface area (Å²) >= 11 is 0. The van der Waals surface area contributed by atoms with Gasteiger partial charge in [0.25, 0.3) is 0 Å². The number of halogens is 2. The lowest BCUT2D eigenvalue weighted by Gasteiger charge is -2.16. The molecule has 0 aromatic heterocycles. The average molecular weight is 364 g/mol. The molecule has 0 fully saturated rings. The Hall–Kier alpha value is -2.83. The van der Waals surface area contributed by atoms with Gasteiger partial charge in [0.2, 0.25) is 0 Å². The first-order chi connectivity index (χ1) is 12.4. The second kappa shape index (κ2) is 9.03. The van der Waals surface area contributed by atoms with Crippen molar-refractivity contribution in [2.75, 3.05) is 7.11 Å². The van der Waals surface area contributed by atoms with Crippen LogP contribution < -0.4 is 20.1 Å². The summed E-state index contributed by atoms with van der Waals surface area (Å²) in [5.74, 6) is 0.127. The SMILES string of the molecule is COc1ccc(CNC(=O)NC(C)c2ccc(C)cc2)cc1OC(F)F. The minimum atomic E-state index is -2.95. The van der Waals surface area contributed by atoms with Gasteiger partial charge in [-0.25, -0.2) is 4.79 Å². The molecule has 2 N–H and O–H groups in total. The molecule has 0 heterocycles. The summed E-state index contributed by atoms with van der Waals surface area (Å²) in [5.41, 5.74) is 2.74. The molecule has 0 radical (unpaired) electrons. The van der Waals surface area contributed by atoms with Crippen LogP contribution in [0.25, 0.3) is 0 Å². The van der Waals surface area contributed by atoms with Crippen molar-refractivity contribution in [3.63, 3.8) is 0 Å². The number of ether oxygens (including phenoxy) is 2. The minimum absolute atomic E-state index is 0.0739. The van der Waals surface area contributed by atoms with E-state index in [1.165, 1.54) is 19.2 Å². The summed E-state index contributed by atoms with van der Waals surface area (Å²) in [5, 5.41) is 5.52. The number of amides is 2. The maximum absolute atomic E-state index is 12.5. The maximum Gasteiger partial charge on any atom is 0.387 e. The topological polar surface area (TPSA) is 59.6 Å². The molecule has 2 amide bonds. The van der Waals surface area contributed by atoms with Crippen molar-refractivity contribution < 1.29 is 23.0 Å². The molecular formula is C19H22F2N2O3. The van der Waals surface area contributed by atoms with Gasteiger partial charge in [-0.15, -0.1) is 0 Å². The summed E-state index contributed by atoms with van der Waals surface area (Å²) < 4.78 is 34.3. The van der Waals surface area contributed by atoms with E-state index in [0.29, 0.717) is 5.56 Å². The van der Waals surface area contributed by atoms with Crippen molar-refractivity contribution in [3.8, 4) is 11.5 Å². The molecule has 0 aliphatic rings. The molecular weight excluding hydrogens is 342 g/mol. The monoisotopic (exact) mass is 364 g/mol. The van der Waals surface area contributed by atoms with Crippen molar-refractivity contribution in [1.29, 1.82) is 0 Å². The van der Waals surface area contributed by atoms with Gasteiger partial charge in [0, 0.05) is 6.54 Å². The summed E-state index contributed by atoms with van der Waals surface area (Å²) in [6, 6.07) is 11.9. The van der Waals surface area contributed by atoms with Gasteiger partial charge < -0.3 is 20.1 Å². The molecule has 2 aromatic carbocycles. The highest BCUT2D eigenvalue weighted by Gasteiger charge is 2.13. The molecule has 2 rings (SSSR count). The zero-order chi connectivity index (χ0) is 19.1. The Balaban J connectivity index is 1.93. The van der Waals surface area contributed by atoms with Crippen molar-refractivity contribution in [1.82, 2.24) is 10.6 Å². The number of hydrogen-bond acceptors (Lipinski definition) is 3. The molecule has 0 saturated heterocycles. The first kappa shape index (κ1) is 19.5. The van der Waals surface area contributed by atoms with Crippen LogP contribution in [-0.2, 0) is 6.54 Å². The van der Waals surface area contributed by atoms with Crippen LogP contribution in [0.4, 0.5) is 13.6 Å². The molecule has 140 valence electrons. The maximum atomic E-state index is 12.5. The lowest BCUT2D eigenvalue weighted by molar-refractivity contribution is -0.0512. The number of urea groups is 1. The predicted molar refractivity (Wildman–Crippen MR) is 94.6 cm³/mol. The third-order valence-corrected chi connectivity index (χ3v) is 3.82. The Kier molecular flexibility index (Phi) is 6.77. The third-order valence-electron chi connectivity index (χ3n) is 3.82. The Morgan fingerprint density at radius 1 is 1.12 bits per heavy atom. The van der Waals surface area contributed by atoms with E-state index in [4.69, 9.17) is 4.74 Å². The molecule has 1 atom stereocenters. The number of aryl methyl sites for hydroxylation is 1. The molecule has 1 unspecified atom stereocenters. The number of carbonyl (C=O) groups excluding carboxylic acids is 1. The summed E-state index contributed by atoms with van der Waals surface area (Å²) in [7, 11) is 1.37. The summed E-state index contributed by atoms with van der Waals surface area (Å²) in [6.45, 7) is 1.09. The smallest absolute Gasteiger partial charge is 0.387 e. The van der Waals surface area contributed by atoms with Gasteiger partial charge in [-0.1, -0.05) is 35.9 Å². The molecule has 5 nitrogen and oxygen atoms in total. The van der Waals surface area contributed by atoms with Gasteiger partial charge in [0.15, 0.2) is 11.5 Å². The van der Waals surface area contributed by atoms with Gasteiger partial charge in [-0.05, 0) is 37.1 Å². The van der Waals surface area contributed by atoms with E-state index in [9.17, 15) is 13.6 Å². The van der Waals surface area contributed by atoms with Gasteiger partial charge in [0.1, 0.15) is 0 Å². The number of nitrogens with one attached hydrogen (secondary N) is 2. The highest BCUT2D eigenvalue weighted by Crippen LogP contribution is 2.29. The molecule has 0 saturated carbocycles. The van der Waals surface area contributed by atoms with Crippen LogP contribution in [0.2, 0.25) is 0 Å². The van der Waals surface area contributed by atoms with E-state index in [1.54, 1.807) is 6.07 Å². The summed E-state index contributed by atoms with van der Waals surface area (Å²) in [4.78, 5) is 12.1. The standard InChI is InChI=1S/C19H22F2N2O3/c1-12-4-7-15(8-5-12)13(2)23-19(24)22-11-14-6-9-16(25-3)17(10-14)26-18(20)21/h4-10,13,18H,11H2,1-3H3,(H2,22,23,24). The Bertz CT molecular complexity index is 736. The Labute approximate surface area is 151 Å². The molecule has 0 bridgehead atoms. The van der Waals surface area contributed by atoms with Crippen LogP contribution in [-0.4, -0.2) is 19.8 Å². The largest absolute Gasteiger partial charge is 0.493 e. The Morgan fingerprint density at radius 2 is 1.81 bits per heavy atom. The van der Waals surface area contributed by atoms with E-state index in [0.717, 1.165) is 11.1 Å². The second-order valence-corrected chi connectivity index (χ2v) is 5.82. The van der Waals surface area contributed by atoms with Gasteiger partial charge in [-0.2, -0.15) is 8.78 Å². The Morgan fingerprint density at radius 3 is 2.42 bits per heavy atom. The summed E-state index contributed by atoms with van der Waals surface area (Å²) in [6.07, 6.45) is 0. The fraction of sp³-hybridized carbons (Fsp3) is 0.316. The molecule has 2 aromatic rings. The lowest BCUT2D eigenvalue weighted by Crippen LogP contribution is -2.36. The molecule has 7 heteroatoms. The quantitative estimate of drug-likeness (QED) is 0.775. The normalized spacial score (nSPS) is 11.8. The van der Waals surface area contributed by atoms with Crippen LogP contribution >= 0.6 is 0 Å². The number of rotatable bonds is 7. The number of methoxy groups -OCH3 is 1. The predicted octanol–water partition coefficient (Wildman–Crippen LogP) is 4.17. The van der Waals surface area contributed by atoms with Gasteiger partial charge in [-0.3, -0.25) is 0 Å². The molecule has 26 heavy (non-hydrogen) atoms. The van der Waals surface area contributed by atoms with E-state index >= 15 is 0 Å². The second-order valence-electron chi connectivity index (χ2n) is 5.82. The van der Waals surface area contributed by atoms with Gasteiger partial charge in [0.05, 0.1) is 13.2 Å². The first-order valence-electron chi connectivity index (χ1n) is 8.11. The number of carbonyl (C=O) groups is 1. The van der Waals surface area contributed by atoms with Crippen LogP contribution in [0.5, 0.6) is 11.5 Å². The van der Waals surface area contributed by atoms with Crippen LogP contribution in [0.3, 0.4) is 0 Å².